The number of benzene rings is 10. The zero-order chi connectivity index (χ0) is 90.0. The van der Waals surface area contributed by atoms with Crippen molar-refractivity contribution in [3.63, 3.8) is 0 Å². The van der Waals surface area contributed by atoms with Crippen molar-refractivity contribution < 1.29 is 75.8 Å². The Labute approximate surface area is 727 Å². The van der Waals surface area contributed by atoms with Crippen LogP contribution < -0.4 is 14.2 Å². The first-order chi connectivity index (χ1) is 57.6. The van der Waals surface area contributed by atoms with Gasteiger partial charge in [-0.15, -0.1) is 0 Å². The molecule has 0 heterocycles. The van der Waals surface area contributed by atoms with Crippen molar-refractivity contribution in [2.75, 3.05) is 78.5 Å². The average Bonchev–Trinajstić information content (AvgIpc) is 0.752. The van der Waals surface area contributed by atoms with Crippen molar-refractivity contribution in [1.82, 2.24) is 40.0 Å². The van der Waals surface area contributed by atoms with E-state index >= 15 is 50.5 Å². The fourth-order valence-corrected chi connectivity index (χ4v) is 25.2. The highest BCUT2D eigenvalue weighted by atomic mass is 32.2. The molecule has 0 unspecified atom stereocenters. The lowest BCUT2D eigenvalue weighted by molar-refractivity contribution is 0.335. The van der Waals surface area contributed by atoms with Crippen LogP contribution >= 0.6 is 0 Å². The summed E-state index contributed by atoms with van der Waals surface area (Å²) < 4.78 is 284. The van der Waals surface area contributed by atoms with Gasteiger partial charge in [0.2, 0.25) is 90.2 Å². The standard InChI is InChI=1S/C87H105N9O18S9/c1-64-13-31-76(32-14-64)115(97,98)88-49-52-91(118(103,104)79-37-19-67(4)20-38-79)55-58-94(121(109,110)82-43-25-70(7)26-44-82)61-85-73(10)86(62-95(122(111,112)83-45-27-71(8)28-46-83)59-56-92(119(105,106)80-39-21-68(5)22-40-80)53-50-89-116(99,100)77-33-15-65(2)16-34-77)75(12)87(74(85)11)63-96(123(113,114)84-47-29-72(9)30-48-84)60-57-93(120(107,108)81-41-23-69(6)24-42-81)54-51-90-117(101,102)78-35-17-66(3)18-36-78/h13-48,88-90H,49-63H2,1-12H3. The summed E-state index contributed by atoms with van der Waals surface area (Å²) in [5, 5.41) is 0. The van der Waals surface area contributed by atoms with Gasteiger partial charge in [0.25, 0.3) is 0 Å². The molecule has 0 radical (unpaired) electrons. The summed E-state index contributed by atoms with van der Waals surface area (Å²) in [5.74, 6) is 0. The summed E-state index contributed by atoms with van der Waals surface area (Å²) in [6.45, 7) is 11.3. The second kappa shape index (κ2) is 39.9. The first kappa shape index (κ1) is 96.6. The summed E-state index contributed by atoms with van der Waals surface area (Å²) in [6, 6.07) is 52.9. The van der Waals surface area contributed by atoms with Crippen molar-refractivity contribution in [1.29, 1.82) is 0 Å². The first-order valence-corrected chi connectivity index (χ1v) is 52.4. The molecular weight excluding hydrogens is 1750 g/mol. The van der Waals surface area contributed by atoms with Crippen molar-refractivity contribution in [3.8, 4) is 0 Å². The van der Waals surface area contributed by atoms with Crippen molar-refractivity contribution >= 4 is 90.2 Å². The summed E-state index contributed by atoms with van der Waals surface area (Å²) >= 11 is 0. The molecule has 660 valence electrons. The van der Waals surface area contributed by atoms with E-state index in [4.69, 9.17) is 0 Å². The van der Waals surface area contributed by atoms with E-state index in [0.29, 0.717) is 33.4 Å². The average molecular weight is 1850 g/mol. The number of hydrogen-bond acceptors (Lipinski definition) is 18. The lowest BCUT2D eigenvalue weighted by Gasteiger charge is -2.33. The zero-order valence-corrected chi connectivity index (χ0v) is 77.9. The monoisotopic (exact) mass is 1850 g/mol. The second-order valence-corrected chi connectivity index (χ2v) is 47.5. The molecule has 0 aliphatic heterocycles. The van der Waals surface area contributed by atoms with Gasteiger partial charge in [-0.25, -0.2) is 89.9 Å². The molecule has 27 nitrogen and oxygen atoms in total. The highest BCUT2D eigenvalue weighted by Gasteiger charge is 2.38. The molecule has 36 heteroatoms. The summed E-state index contributed by atoms with van der Waals surface area (Å²) in [6.07, 6.45) is 0. The molecular formula is C87H105N9O18S9. The molecule has 0 aliphatic carbocycles. The lowest BCUT2D eigenvalue weighted by Crippen LogP contribution is -2.44. The van der Waals surface area contributed by atoms with Gasteiger partial charge in [0.1, 0.15) is 0 Å². The van der Waals surface area contributed by atoms with Crippen LogP contribution in [-0.2, 0) is 110 Å². The molecule has 0 saturated carbocycles. The maximum absolute atomic E-state index is 16.0. The van der Waals surface area contributed by atoms with Gasteiger partial charge >= 0.3 is 0 Å². The number of sulfonamides is 9. The summed E-state index contributed by atoms with van der Waals surface area (Å²) in [5.41, 5.74) is 7.40. The summed E-state index contributed by atoms with van der Waals surface area (Å²) in [4.78, 5) is -1.76. The largest absolute Gasteiger partial charge is 0.243 e. The Morgan fingerprint density at radius 2 is 0.309 bits per heavy atom. The number of nitrogens with one attached hydrogen (secondary N) is 3. The molecule has 10 aromatic carbocycles. The normalized spacial score (nSPS) is 13.0. The van der Waals surface area contributed by atoms with Gasteiger partial charge < -0.3 is 0 Å². The third-order valence-electron chi connectivity index (χ3n) is 21.4. The summed E-state index contributed by atoms with van der Waals surface area (Å²) in [7, 11) is -41.3. The Morgan fingerprint density at radius 1 is 0.179 bits per heavy atom. The van der Waals surface area contributed by atoms with E-state index in [2.05, 4.69) is 14.2 Å². The lowest BCUT2D eigenvalue weighted by atomic mass is 9.87. The van der Waals surface area contributed by atoms with Crippen LogP contribution in [0.15, 0.2) is 262 Å². The molecule has 0 bridgehead atoms. The van der Waals surface area contributed by atoms with Crippen LogP contribution in [0.3, 0.4) is 0 Å². The van der Waals surface area contributed by atoms with E-state index < -0.39 is 188 Å². The van der Waals surface area contributed by atoms with Crippen LogP contribution in [0.5, 0.6) is 0 Å². The Balaban J connectivity index is 1.17. The predicted molar refractivity (Wildman–Crippen MR) is 476 cm³/mol. The minimum absolute atomic E-state index is 0.110. The van der Waals surface area contributed by atoms with E-state index in [0.717, 1.165) is 42.5 Å². The van der Waals surface area contributed by atoms with Crippen LogP contribution in [0.1, 0.15) is 83.5 Å². The molecule has 123 heavy (non-hydrogen) atoms. The van der Waals surface area contributed by atoms with E-state index in [-0.39, 0.29) is 77.4 Å². The van der Waals surface area contributed by atoms with Crippen molar-refractivity contribution in [3.05, 3.63) is 302 Å². The second-order valence-electron chi connectivity index (χ2n) is 30.5. The molecule has 10 rings (SSSR count). The minimum atomic E-state index is -4.86. The Kier molecular flexibility index (Phi) is 31.4. The topological polar surface area (TPSA) is 363 Å². The van der Waals surface area contributed by atoms with Gasteiger partial charge in [-0.1, -0.05) is 159 Å². The van der Waals surface area contributed by atoms with Crippen LogP contribution in [-0.4, -0.2) is 180 Å². The van der Waals surface area contributed by atoms with Crippen LogP contribution in [0.25, 0.3) is 0 Å². The van der Waals surface area contributed by atoms with Gasteiger partial charge in [0.15, 0.2) is 0 Å². The molecule has 10 aromatic rings. The van der Waals surface area contributed by atoms with E-state index in [1.807, 2.05) is 0 Å². The van der Waals surface area contributed by atoms with E-state index in [1.54, 1.807) is 192 Å². The van der Waals surface area contributed by atoms with Gasteiger partial charge in [-0.2, -0.15) is 25.8 Å². The van der Waals surface area contributed by atoms with Crippen molar-refractivity contribution in [2.24, 2.45) is 0 Å². The SMILES string of the molecule is Cc1ccc(S(=O)(=O)NCCN(CCN(Cc2c(C)c(CN(CCN(CCNS(=O)(=O)c3ccc(C)cc3)S(=O)(=O)c3ccc(C)cc3)S(=O)(=O)c3ccc(C)cc3)c(C)c(CN(CCN(CCNS(=O)(=O)c3ccc(C)cc3)S(=O)(=O)c3ccc(C)cc3)S(=O)(=O)c3ccc(C)cc3)c2C)S(=O)(=O)c2ccc(C)cc2)S(=O)(=O)c2ccc(C)cc2)cc1. The number of hydrogen-bond donors (Lipinski definition) is 3. The molecule has 0 fully saturated rings. The van der Waals surface area contributed by atoms with Crippen LogP contribution in [0.4, 0.5) is 0 Å². The molecule has 0 amide bonds. The van der Waals surface area contributed by atoms with Gasteiger partial charge in [0, 0.05) is 98.2 Å². The maximum Gasteiger partial charge on any atom is 0.243 e. The fraction of sp³-hybridized carbons (Fsp3) is 0.310. The molecule has 3 N–H and O–H groups in total. The van der Waals surface area contributed by atoms with Crippen molar-refractivity contribution in [2.45, 2.75) is 147 Å². The predicted octanol–water partition coefficient (Wildman–Crippen LogP) is 11.0. The third-order valence-corrected chi connectivity index (χ3v) is 37.2. The Morgan fingerprint density at radius 3 is 0.463 bits per heavy atom. The Bertz CT molecular complexity index is 5870. The van der Waals surface area contributed by atoms with E-state index in [9.17, 15) is 25.3 Å². The number of nitrogens with zero attached hydrogens (tertiary/aromatic N) is 6. The van der Waals surface area contributed by atoms with Crippen LogP contribution in [0.2, 0.25) is 0 Å². The van der Waals surface area contributed by atoms with Gasteiger partial charge in [-0.3, -0.25) is 0 Å². The molecule has 0 spiro atoms. The quantitative estimate of drug-likeness (QED) is 0.0320. The molecule has 0 aromatic heterocycles. The molecule has 0 atom stereocenters. The maximum atomic E-state index is 16.0. The third kappa shape index (κ3) is 23.7. The highest BCUT2D eigenvalue weighted by Crippen LogP contribution is 2.36. The van der Waals surface area contributed by atoms with Gasteiger partial charge in [-0.05, 0) is 226 Å². The highest BCUT2D eigenvalue weighted by molar-refractivity contribution is 7.91. The van der Waals surface area contributed by atoms with E-state index in [1.165, 1.54) is 109 Å². The van der Waals surface area contributed by atoms with Gasteiger partial charge in [0.05, 0.1) is 44.1 Å². The molecule has 0 saturated heterocycles. The number of aryl methyl sites for hydroxylation is 9. The zero-order valence-electron chi connectivity index (χ0n) is 70.6. The van der Waals surface area contributed by atoms with Crippen LogP contribution in [0, 0.1) is 83.1 Å². The Hall–Kier alpha value is -8.61. The first-order valence-electron chi connectivity index (χ1n) is 39.4. The minimum Gasteiger partial charge on any atom is -0.210 e. The smallest absolute Gasteiger partial charge is 0.210 e. The fourth-order valence-electron chi connectivity index (χ4n) is 13.7. The number of rotatable bonds is 42. The molecule has 0 aliphatic rings.